The van der Waals surface area contributed by atoms with Crippen molar-refractivity contribution < 1.29 is 18.0 Å². The maximum atomic E-state index is 14.0. The summed E-state index contributed by atoms with van der Waals surface area (Å²) in [6.07, 6.45) is -4.79. The molecule has 0 fully saturated rings. The monoisotopic (exact) mass is 408 g/mol. The third-order valence-electron chi connectivity index (χ3n) is 5.06. The van der Waals surface area contributed by atoms with Gasteiger partial charge in [0, 0.05) is 0 Å². The molecule has 0 saturated carbocycles. The number of halogens is 3. The summed E-state index contributed by atoms with van der Waals surface area (Å²) in [6, 6.07) is 24.4. The van der Waals surface area contributed by atoms with Gasteiger partial charge in [-0.05, 0) is 29.7 Å². The Bertz CT molecular complexity index is 1060. The summed E-state index contributed by atoms with van der Waals surface area (Å²) < 4.78 is 42.0. The number of amides is 1. The number of carbonyl (C=O) groups is 1. The molecule has 1 unspecified atom stereocenters. The lowest BCUT2D eigenvalue weighted by molar-refractivity contribution is -0.122. The first-order valence-corrected chi connectivity index (χ1v) is 9.57. The second-order valence-electron chi connectivity index (χ2n) is 7.14. The number of carbonyl (C=O) groups excluding carboxylic acids is 1. The van der Waals surface area contributed by atoms with Gasteiger partial charge in [0.25, 0.3) is 0 Å². The predicted octanol–water partition coefficient (Wildman–Crippen LogP) is 5.73. The van der Waals surface area contributed by atoms with Crippen LogP contribution < -0.4 is 4.90 Å². The van der Waals surface area contributed by atoms with Crippen molar-refractivity contribution >= 4 is 23.0 Å². The van der Waals surface area contributed by atoms with E-state index in [2.05, 4.69) is 4.99 Å². The minimum atomic E-state index is -4.72. The van der Waals surface area contributed by atoms with Crippen LogP contribution in [0.15, 0.2) is 89.9 Å². The molecule has 0 radical (unpaired) electrons. The van der Waals surface area contributed by atoms with E-state index in [0.29, 0.717) is 11.3 Å². The number of hydrogen-bond donors (Lipinski definition) is 0. The molecule has 0 N–H and O–H groups in total. The van der Waals surface area contributed by atoms with Crippen molar-refractivity contribution in [1.29, 1.82) is 0 Å². The van der Waals surface area contributed by atoms with E-state index < -0.39 is 23.7 Å². The number of hydrogen-bond acceptors (Lipinski definition) is 2. The van der Waals surface area contributed by atoms with Crippen molar-refractivity contribution in [3.63, 3.8) is 0 Å². The van der Waals surface area contributed by atoms with Crippen molar-refractivity contribution in [2.75, 3.05) is 4.90 Å². The Morgan fingerprint density at radius 2 is 1.37 bits per heavy atom. The van der Waals surface area contributed by atoms with Crippen LogP contribution in [0.1, 0.15) is 11.1 Å². The van der Waals surface area contributed by atoms with Crippen LogP contribution in [0.2, 0.25) is 0 Å². The average molecular weight is 408 g/mol. The molecule has 0 aromatic heterocycles. The standard InChI is InChI=1S/C24H19F3N2O/c25-24(26,27)22-19(15-17-9-3-1-4-10-17)23(30)29(16-18-11-5-2-6-12-18)21-14-8-7-13-20(21)28-22/h1-14,19H,15-16H2. The van der Waals surface area contributed by atoms with Crippen LogP contribution in [0.5, 0.6) is 0 Å². The van der Waals surface area contributed by atoms with E-state index in [9.17, 15) is 18.0 Å². The molecule has 6 heteroatoms. The molecule has 3 aromatic rings. The molecule has 1 atom stereocenters. The Kier molecular flexibility index (Phi) is 5.40. The lowest BCUT2D eigenvalue weighted by atomic mass is 9.92. The van der Waals surface area contributed by atoms with Gasteiger partial charge in [-0.15, -0.1) is 0 Å². The lowest BCUT2D eigenvalue weighted by Crippen LogP contribution is -2.43. The zero-order valence-corrected chi connectivity index (χ0v) is 16.0. The summed E-state index contributed by atoms with van der Waals surface area (Å²) in [5, 5.41) is 0. The second-order valence-corrected chi connectivity index (χ2v) is 7.14. The Labute approximate surface area is 172 Å². The zero-order chi connectivity index (χ0) is 21.1. The molecular formula is C24H19F3N2O. The van der Waals surface area contributed by atoms with Crippen molar-refractivity contribution in [2.24, 2.45) is 10.9 Å². The second kappa shape index (κ2) is 8.14. The highest BCUT2D eigenvalue weighted by Gasteiger charge is 2.46. The molecule has 0 saturated heterocycles. The molecule has 30 heavy (non-hydrogen) atoms. The van der Waals surface area contributed by atoms with Crippen LogP contribution in [0.3, 0.4) is 0 Å². The summed E-state index contributed by atoms with van der Waals surface area (Å²) in [6.45, 7) is 0.169. The van der Waals surface area contributed by atoms with Gasteiger partial charge >= 0.3 is 6.18 Å². The fourth-order valence-corrected chi connectivity index (χ4v) is 3.64. The van der Waals surface area contributed by atoms with Gasteiger partial charge < -0.3 is 4.90 Å². The SMILES string of the molecule is O=C1C(Cc2ccccc2)C(C(F)(F)F)=Nc2ccccc2N1Cc1ccccc1. The topological polar surface area (TPSA) is 32.7 Å². The Hall–Kier alpha value is -3.41. The van der Waals surface area contributed by atoms with E-state index in [0.717, 1.165) is 5.56 Å². The van der Waals surface area contributed by atoms with Gasteiger partial charge in [0.05, 0.1) is 23.8 Å². The van der Waals surface area contributed by atoms with E-state index in [-0.39, 0.29) is 18.7 Å². The number of benzene rings is 3. The molecule has 0 spiro atoms. The highest BCUT2D eigenvalue weighted by atomic mass is 19.4. The maximum Gasteiger partial charge on any atom is 0.430 e. The van der Waals surface area contributed by atoms with Gasteiger partial charge in [0.2, 0.25) is 5.91 Å². The van der Waals surface area contributed by atoms with E-state index in [4.69, 9.17) is 0 Å². The lowest BCUT2D eigenvalue weighted by Gasteiger charge is -2.27. The summed E-state index contributed by atoms with van der Waals surface area (Å²) in [4.78, 5) is 18.9. The number of para-hydroxylation sites is 2. The first-order chi connectivity index (χ1) is 14.4. The molecule has 152 valence electrons. The van der Waals surface area contributed by atoms with Gasteiger partial charge in [0.1, 0.15) is 5.71 Å². The molecular weight excluding hydrogens is 389 g/mol. The molecule has 1 amide bonds. The van der Waals surface area contributed by atoms with Crippen LogP contribution in [-0.4, -0.2) is 17.8 Å². The van der Waals surface area contributed by atoms with Crippen molar-refractivity contribution in [3.05, 3.63) is 96.1 Å². The number of nitrogens with zero attached hydrogens (tertiary/aromatic N) is 2. The molecule has 0 bridgehead atoms. The molecule has 3 nitrogen and oxygen atoms in total. The summed E-state index contributed by atoms with van der Waals surface area (Å²) >= 11 is 0. The molecule has 1 heterocycles. The highest BCUT2D eigenvalue weighted by Crippen LogP contribution is 2.38. The largest absolute Gasteiger partial charge is 0.430 e. The van der Waals surface area contributed by atoms with Crippen molar-refractivity contribution in [1.82, 2.24) is 0 Å². The smallest absolute Gasteiger partial charge is 0.305 e. The molecule has 1 aliphatic heterocycles. The number of alkyl halides is 3. The van der Waals surface area contributed by atoms with Gasteiger partial charge in [0.15, 0.2) is 0 Å². The van der Waals surface area contributed by atoms with Crippen molar-refractivity contribution in [2.45, 2.75) is 19.1 Å². The van der Waals surface area contributed by atoms with Crippen molar-refractivity contribution in [3.8, 4) is 0 Å². The Morgan fingerprint density at radius 3 is 2.00 bits per heavy atom. The fourth-order valence-electron chi connectivity index (χ4n) is 3.64. The quantitative estimate of drug-likeness (QED) is 0.543. The third kappa shape index (κ3) is 4.13. The molecule has 4 rings (SSSR count). The number of rotatable bonds is 4. The number of fused-ring (bicyclic) bond motifs is 1. The van der Waals surface area contributed by atoms with Crippen LogP contribution in [0, 0.1) is 5.92 Å². The van der Waals surface area contributed by atoms with E-state index in [1.807, 2.05) is 30.3 Å². The average Bonchev–Trinajstić information content (AvgIpc) is 2.86. The van der Waals surface area contributed by atoms with Gasteiger partial charge in [-0.1, -0.05) is 72.8 Å². The third-order valence-corrected chi connectivity index (χ3v) is 5.06. The van der Waals surface area contributed by atoms with Crippen LogP contribution in [0.4, 0.5) is 24.5 Å². The highest BCUT2D eigenvalue weighted by molar-refractivity contribution is 6.15. The number of aliphatic imine (C=N–C) groups is 1. The van der Waals surface area contributed by atoms with E-state index in [1.165, 1.54) is 11.0 Å². The minimum Gasteiger partial charge on any atom is -0.305 e. The van der Waals surface area contributed by atoms with Gasteiger partial charge in [-0.2, -0.15) is 13.2 Å². The van der Waals surface area contributed by atoms with E-state index >= 15 is 0 Å². The Balaban J connectivity index is 1.82. The summed E-state index contributed by atoms with van der Waals surface area (Å²) in [7, 11) is 0. The Morgan fingerprint density at radius 1 is 0.800 bits per heavy atom. The van der Waals surface area contributed by atoms with Gasteiger partial charge in [-0.25, -0.2) is 4.99 Å². The summed E-state index contributed by atoms with van der Waals surface area (Å²) in [5.41, 5.74) is 0.945. The zero-order valence-electron chi connectivity index (χ0n) is 16.0. The number of anilines is 1. The molecule has 0 aliphatic carbocycles. The normalized spacial score (nSPS) is 16.6. The first kappa shape index (κ1) is 19.9. The van der Waals surface area contributed by atoms with E-state index in [1.54, 1.807) is 48.5 Å². The predicted molar refractivity (Wildman–Crippen MR) is 111 cm³/mol. The van der Waals surface area contributed by atoms with Crippen LogP contribution >= 0.6 is 0 Å². The fraction of sp³-hybridized carbons (Fsp3) is 0.167. The molecule has 3 aromatic carbocycles. The minimum absolute atomic E-state index is 0.0721. The maximum absolute atomic E-state index is 14.0. The molecule has 1 aliphatic rings. The van der Waals surface area contributed by atoms with Crippen LogP contribution in [0.25, 0.3) is 0 Å². The van der Waals surface area contributed by atoms with Crippen LogP contribution in [-0.2, 0) is 17.8 Å². The first-order valence-electron chi connectivity index (χ1n) is 9.57. The van der Waals surface area contributed by atoms with Gasteiger partial charge in [-0.3, -0.25) is 4.79 Å². The summed E-state index contributed by atoms with van der Waals surface area (Å²) in [5.74, 6) is -2.03.